The van der Waals surface area contributed by atoms with Crippen LogP contribution in [0, 0.1) is 6.92 Å². The van der Waals surface area contributed by atoms with Crippen molar-refractivity contribution >= 4 is 11.6 Å². The van der Waals surface area contributed by atoms with Crippen LogP contribution in [0.2, 0.25) is 5.02 Å². The average Bonchev–Trinajstić information content (AvgIpc) is 2.78. The summed E-state index contributed by atoms with van der Waals surface area (Å²) in [6.07, 6.45) is 1.83. The molecule has 0 saturated heterocycles. The van der Waals surface area contributed by atoms with Crippen LogP contribution in [0.4, 0.5) is 0 Å². The summed E-state index contributed by atoms with van der Waals surface area (Å²) in [6, 6.07) is 5.40. The van der Waals surface area contributed by atoms with Gasteiger partial charge in [-0.25, -0.2) is 0 Å². The van der Waals surface area contributed by atoms with Gasteiger partial charge in [0.2, 0.25) is 0 Å². The van der Waals surface area contributed by atoms with Crippen LogP contribution in [0.1, 0.15) is 18.2 Å². The van der Waals surface area contributed by atoms with Crippen molar-refractivity contribution in [2.24, 2.45) is 0 Å². The third kappa shape index (κ3) is 3.24. The molecule has 0 aliphatic carbocycles. The second kappa shape index (κ2) is 5.89. The van der Waals surface area contributed by atoms with Gasteiger partial charge >= 0.3 is 6.08 Å². The zero-order chi connectivity index (χ0) is 13.0. The Balaban J connectivity index is 2.06. The molecule has 2 aromatic rings. The Kier molecular flexibility index (Phi) is 4.23. The molecule has 0 spiro atoms. The summed E-state index contributed by atoms with van der Waals surface area (Å²) in [5.41, 5.74) is 1.76. The maximum atomic E-state index is 5.88. The van der Waals surface area contributed by atoms with Gasteiger partial charge < -0.3 is 14.5 Å². The molecule has 1 aromatic carbocycles. The minimum atomic E-state index is 0.244. The zero-order valence-corrected chi connectivity index (χ0v) is 11.1. The molecule has 5 heteroatoms. The normalized spacial score (nSPS) is 10.6. The van der Waals surface area contributed by atoms with Crippen molar-refractivity contribution in [3.63, 3.8) is 0 Å². The average molecular weight is 267 g/mol. The fourth-order valence-electron chi connectivity index (χ4n) is 1.49. The van der Waals surface area contributed by atoms with E-state index in [4.69, 9.17) is 20.8 Å². The van der Waals surface area contributed by atoms with Gasteiger partial charge in [-0.1, -0.05) is 18.5 Å². The highest BCUT2D eigenvalue weighted by atomic mass is 35.5. The van der Waals surface area contributed by atoms with Crippen LogP contribution in [0.15, 0.2) is 28.9 Å². The zero-order valence-electron chi connectivity index (χ0n) is 10.4. The van der Waals surface area contributed by atoms with Crippen molar-refractivity contribution in [1.29, 1.82) is 0 Å². The molecule has 0 amide bonds. The summed E-state index contributed by atoms with van der Waals surface area (Å²) >= 11 is 5.88. The number of nitrogens with zero attached hydrogens (tertiary/aromatic N) is 1. The summed E-state index contributed by atoms with van der Waals surface area (Å²) in [4.78, 5) is 4.22. The Labute approximate surface area is 111 Å². The predicted octanol–water partition coefficient (Wildman–Crippen LogP) is 3.54. The highest BCUT2D eigenvalue weighted by Gasteiger charge is 2.08. The van der Waals surface area contributed by atoms with Gasteiger partial charge in [-0.3, -0.25) is 0 Å². The Morgan fingerprint density at radius 3 is 3.00 bits per heavy atom. The van der Waals surface area contributed by atoms with Gasteiger partial charge in [-0.05, 0) is 37.2 Å². The van der Waals surface area contributed by atoms with E-state index in [9.17, 15) is 0 Å². The first-order chi connectivity index (χ1) is 8.69. The SMILES string of the molecule is CCNCc1coc(Oc2ccc(Cl)cc2C)n1. The summed E-state index contributed by atoms with van der Waals surface area (Å²) < 4.78 is 10.8. The fraction of sp³-hybridized carbons (Fsp3) is 0.308. The molecule has 0 bridgehead atoms. The minimum Gasteiger partial charge on any atom is -0.417 e. The van der Waals surface area contributed by atoms with Crippen LogP contribution in [0.25, 0.3) is 0 Å². The number of halogens is 1. The van der Waals surface area contributed by atoms with Crippen molar-refractivity contribution in [2.75, 3.05) is 6.54 Å². The molecule has 0 saturated carbocycles. The van der Waals surface area contributed by atoms with E-state index in [1.165, 1.54) is 0 Å². The standard InChI is InChI=1S/C13H15ClN2O2/c1-3-15-7-11-8-17-13(16-11)18-12-5-4-10(14)6-9(12)2/h4-6,8,15H,3,7H2,1-2H3. The number of hydrogen-bond donors (Lipinski definition) is 1. The lowest BCUT2D eigenvalue weighted by Crippen LogP contribution is -2.11. The van der Waals surface area contributed by atoms with Crippen molar-refractivity contribution in [1.82, 2.24) is 10.3 Å². The molecule has 1 aromatic heterocycles. The second-order valence-corrected chi connectivity index (χ2v) is 4.33. The van der Waals surface area contributed by atoms with Crippen LogP contribution >= 0.6 is 11.6 Å². The third-order valence-corrected chi connectivity index (χ3v) is 2.66. The molecule has 2 rings (SSSR count). The van der Waals surface area contributed by atoms with Gasteiger partial charge in [0.1, 0.15) is 12.0 Å². The molecule has 0 aliphatic rings. The lowest BCUT2D eigenvalue weighted by Gasteiger charge is -2.04. The number of rotatable bonds is 5. The second-order valence-electron chi connectivity index (χ2n) is 3.90. The molecule has 1 heterocycles. The van der Waals surface area contributed by atoms with Crippen LogP contribution in [0.5, 0.6) is 11.8 Å². The van der Waals surface area contributed by atoms with Crippen molar-refractivity contribution < 1.29 is 9.15 Å². The van der Waals surface area contributed by atoms with Gasteiger partial charge in [-0.15, -0.1) is 0 Å². The first kappa shape index (κ1) is 12.9. The van der Waals surface area contributed by atoms with E-state index in [1.807, 2.05) is 19.9 Å². The molecule has 96 valence electrons. The lowest BCUT2D eigenvalue weighted by atomic mass is 10.2. The van der Waals surface area contributed by atoms with Gasteiger partial charge in [0, 0.05) is 11.6 Å². The molecule has 1 N–H and O–H groups in total. The van der Waals surface area contributed by atoms with E-state index in [1.54, 1.807) is 18.4 Å². The number of nitrogens with one attached hydrogen (secondary N) is 1. The number of aromatic nitrogens is 1. The number of oxazole rings is 1. The van der Waals surface area contributed by atoms with Crippen molar-refractivity contribution in [3.8, 4) is 11.8 Å². The topological polar surface area (TPSA) is 47.3 Å². The van der Waals surface area contributed by atoms with Gasteiger partial charge in [-0.2, -0.15) is 4.98 Å². The van der Waals surface area contributed by atoms with E-state index in [2.05, 4.69) is 10.3 Å². The van der Waals surface area contributed by atoms with E-state index in [-0.39, 0.29) is 6.08 Å². The van der Waals surface area contributed by atoms with Crippen LogP contribution in [-0.2, 0) is 6.54 Å². The summed E-state index contributed by atoms with van der Waals surface area (Å²) in [5, 5.41) is 3.85. The Morgan fingerprint density at radius 1 is 1.44 bits per heavy atom. The Morgan fingerprint density at radius 2 is 2.28 bits per heavy atom. The largest absolute Gasteiger partial charge is 0.417 e. The molecular weight excluding hydrogens is 252 g/mol. The molecule has 0 unspecified atom stereocenters. The molecule has 4 nitrogen and oxygen atoms in total. The smallest absolute Gasteiger partial charge is 0.399 e. The summed E-state index contributed by atoms with van der Waals surface area (Å²) in [7, 11) is 0. The summed E-state index contributed by atoms with van der Waals surface area (Å²) in [5.74, 6) is 0.691. The van der Waals surface area contributed by atoms with Gasteiger partial charge in [0.05, 0.1) is 5.69 Å². The number of aryl methyl sites for hydroxylation is 1. The van der Waals surface area contributed by atoms with Crippen LogP contribution in [-0.4, -0.2) is 11.5 Å². The highest BCUT2D eigenvalue weighted by Crippen LogP contribution is 2.26. The van der Waals surface area contributed by atoms with Gasteiger partial charge in [0.25, 0.3) is 0 Å². The minimum absolute atomic E-state index is 0.244. The maximum Gasteiger partial charge on any atom is 0.399 e. The van der Waals surface area contributed by atoms with Crippen molar-refractivity contribution in [3.05, 3.63) is 40.7 Å². The Hall–Kier alpha value is -1.52. The highest BCUT2D eigenvalue weighted by molar-refractivity contribution is 6.30. The molecular formula is C13H15ClN2O2. The number of benzene rings is 1. The van der Waals surface area contributed by atoms with E-state index in [0.717, 1.165) is 17.8 Å². The Bertz CT molecular complexity index is 525. The van der Waals surface area contributed by atoms with E-state index >= 15 is 0 Å². The van der Waals surface area contributed by atoms with E-state index in [0.29, 0.717) is 17.3 Å². The molecule has 18 heavy (non-hydrogen) atoms. The van der Waals surface area contributed by atoms with Crippen LogP contribution in [0.3, 0.4) is 0 Å². The molecule has 0 fully saturated rings. The quantitative estimate of drug-likeness (QED) is 0.899. The van der Waals surface area contributed by atoms with Gasteiger partial charge in [0.15, 0.2) is 0 Å². The first-order valence-electron chi connectivity index (χ1n) is 5.78. The molecule has 0 atom stereocenters. The molecule has 0 aliphatic heterocycles. The number of ether oxygens (including phenoxy) is 1. The lowest BCUT2D eigenvalue weighted by molar-refractivity contribution is 0.329. The first-order valence-corrected chi connectivity index (χ1v) is 6.16. The molecule has 0 radical (unpaired) electrons. The maximum absolute atomic E-state index is 5.88. The van der Waals surface area contributed by atoms with Crippen molar-refractivity contribution in [2.45, 2.75) is 20.4 Å². The summed E-state index contributed by atoms with van der Waals surface area (Å²) in [6.45, 7) is 5.51. The van der Waals surface area contributed by atoms with Crippen LogP contribution < -0.4 is 10.1 Å². The fourth-order valence-corrected chi connectivity index (χ4v) is 1.72. The predicted molar refractivity (Wildman–Crippen MR) is 70.1 cm³/mol. The third-order valence-electron chi connectivity index (χ3n) is 2.42. The number of hydrogen-bond acceptors (Lipinski definition) is 4. The van der Waals surface area contributed by atoms with E-state index < -0.39 is 0 Å². The monoisotopic (exact) mass is 266 g/mol.